The average Bonchev–Trinajstić information content (AvgIpc) is 3.88. The second-order valence-corrected chi connectivity index (χ2v) is 12.7. The van der Waals surface area contributed by atoms with Gasteiger partial charge in [-0.1, -0.05) is 51.5 Å². The van der Waals surface area contributed by atoms with Crippen molar-refractivity contribution in [2.45, 2.75) is 59.0 Å². The minimum atomic E-state index is -0.628. The van der Waals surface area contributed by atoms with E-state index in [2.05, 4.69) is 84.2 Å². The van der Waals surface area contributed by atoms with Crippen molar-refractivity contribution in [3.8, 4) is 33.6 Å². The molecule has 10 nitrogen and oxygen atoms in total. The third-order valence-electron chi connectivity index (χ3n) is 7.45. The topological polar surface area (TPSA) is 128 Å². The molecule has 4 N–H and O–H groups in total. The standard InChI is InChI=1S/C30H33N7O3S2.C3H8.ClH/c1-3-11-37(26(38)14-34-30(39)40-2)15-25-32-13-24(35-25)21-17-42-27-20(16-41-28(21)27)18-6-8-19(9-7-18)23-12-33-29(36-23)22-5-4-10-31-22;1-3-2;/h6-9,12-13,16-17,22,31H,3-5,10-11,14-15H2,1-2H3,(H,32,35)(H,33,36)(H,34,39);3H2,1-2H3;1H. The van der Waals surface area contributed by atoms with E-state index in [1.807, 2.05) is 19.3 Å². The molecule has 0 saturated carbocycles. The number of H-pyrrole nitrogens is 2. The summed E-state index contributed by atoms with van der Waals surface area (Å²) in [6.07, 6.45) is 7.47. The number of ether oxygens (including phenoxy) is 1. The van der Waals surface area contributed by atoms with E-state index in [0.29, 0.717) is 25.0 Å². The summed E-state index contributed by atoms with van der Waals surface area (Å²) < 4.78 is 7.02. The first kappa shape index (κ1) is 35.1. The molecule has 13 heteroatoms. The minimum Gasteiger partial charge on any atom is -0.453 e. The number of thiophene rings is 2. The first-order valence-corrected chi connectivity index (χ1v) is 17.2. The number of methoxy groups -OCH3 is 1. The number of aromatic nitrogens is 4. The molecule has 6 rings (SSSR count). The largest absolute Gasteiger partial charge is 0.453 e. The molecule has 1 fully saturated rings. The van der Waals surface area contributed by atoms with E-state index in [1.165, 1.54) is 40.5 Å². The summed E-state index contributed by atoms with van der Waals surface area (Å²) in [5.74, 6) is 1.52. The van der Waals surface area contributed by atoms with E-state index in [0.717, 1.165) is 47.7 Å². The molecule has 1 aromatic carbocycles. The van der Waals surface area contributed by atoms with Gasteiger partial charge >= 0.3 is 6.09 Å². The lowest BCUT2D eigenvalue weighted by Gasteiger charge is -2.21. The number of alkyl carbamates (subject to hydrolysis) is 1. The van der Waals surface area contributed by atoms with Crippen LogP contribution in [0.25, 0.3) is 43.0 Å². The number of aromatic amines is 2. The minimum absolute atomic E-state index is 0. The summed E-state index contributed by atoms with van der Waals surface area (Å²) >= 11 is 3.45. The fourth-order valence-corrected chi connectivity index (χ4v) is 7.71. The van der Waals surface area contributed by atoms with E-state index >= 15 is 0 Å². The van der Waals surface area contributed by atoms with Gasteiger partial charge in [0.05, 0.1) is 52.9 Å². The normalized spacial score (nSPS) is 14.0. The number of hydrogen-bond acceptors (Lipinski definition) is 8. The van der Waals surface area contributed by atoms with Gasteiger partial charge in [-0.25, -0.2) is 14.8 Å². The molecular weight excluding hydrogens is 642 g/mol. The zero-order valence-corrected chi connectivity index (χ0v) is 29.1. The Morgan fingerprint density at radius 3 is 2.33 bits per heavy atom. The van der Waals surface area contributed by atoms with Crippen molar-refractivity contribution in [2.75, 3.05) is 26.7 Å². The Hall–Kier alpha value is -3.71. The van der Waals surface area contributed by atoms with E-state index in [1.54, 1.807) is 27.6 Å². The number of fused-ring (bicyclic) bond motifs is 1. The van der Waals surface area contributed by atoms with Crippen LogP contribution in [0, 0.1) is 0 Å². The smallest absolute Gasteiger partial charge is 0.407 e. The number of imidazole rings is 2. The molecule has 246 valence electrons. The highest BCUT2D eigenvalue weighted by Gasteiger charge is 2.20. The van der Waals surface area contributed by atoms with Crippen LogP contribution in [0.1, 0.15) is 64.1 Å². The molecule has 4 aromatic heterocycles. The number of benzene rings is 1. The molecule has 0 aliphatic carbocycles. The fraction of sp³-hybridized carbons (Fsp3) is 0.394. The van der Waals surface area contributed by atoms with Gasteiger partial charge in [0.15, 0.2) is 0 Å². The van der Waals surface area contributed by atoms with E-state index in [-0.39, 0.29) is 24.9 Å². The highest BCUT2D eigenvalue weighted by atomic mass is 35.5. The summed E-state index contributed by atoms with van der Waals surface area (Å²) in [6, 6.07) is 8.97. The monoisotopic (exact) mass is 683 g/mol. The predicted octanol–water partition coefficient (Wildman–Crippen LogP) is 7.77. The van der Waals surface area contributed by atoms with Crippen LogP contribution < -0.4 is 10.6 Å². The number of rotatable bonds is 10. The Labute approximate surface area is 283 Å². The zero-order chi connectivity index (χ0) is 31.8. The van der Waals surface area contributed by atoms with Gasteiger partial charge < -0.3 is 30.2 Å². The van der Waals surface area contributed by atoms with Crippen molar-refractivity contribution >= 4 is 56.5 Å². The lowest BCUT2D eigenvalue weighted by Crippen LogP contribution is -2.40. The number of hydrogen-bond donors (Lipinski definition) is 4. The lowest BCUT2D eigenvalue weighted by atomic mass is 10.0. The van der Waals surface area contributed by atoms with Crippen LogP contribution in [0.5, 0.6) is 0 Å². The molecule has 2 amide bonds. The van der Waals surface area contributed by atoms with Gasteiger partial charge in [-0.3, -0.25) is 4.79 Å². The zero-order valence-electron chi connectivity index (χ0n) is 26.6. The molecule has 46 heavy (non-hydrogen) atoms. The molecule has 1 unspecified atom stereocenters. The molecule has 0 spiro atoms. The van der Waals surface area contributed by atoms with Crippen molar-refractivity contribution < 1.29 is 14.3 Å². The maximum Gasteiger partial charge on any atom is 0.407 e. The molecule has 5 heterocycles. The summed E-state index contributed by atoms with van der Waals surface area (Å²) in [7, 11) is 1.27. The summed E-state index contributed by atoms with van der Waals surface area (Å²) in [4.78, 5) is 41.8. The highest BCUT2D eigenvalue weighted by molar-refractivity contribution is 7.27. The third-order valence-corrected chi connectivity index (χ3v) is 9.61. The summed E-state index contributed by atoms with van der Waals surface area (Å²) in [6.45, 7) is 8.08. The van der Waals surface area contributed by atoms with Crippen molar-refractivity contribution in [3.63, 3.8) is 0 Å². The van der Waals surface area contributed by atoms with Gasteiger partial charge in [-0.05, 0) is 36.9 Å². The van der Waals surface area contributed by atoms with Crippen LogP contribution in [0.3, 0.4) is 0 Å². The number of carbonyl (C=O) groups excluding carboxylic acids is 2. The number of halogens is 1. The van der Waals surface area contributed by atoms with E-state index in [9.17, 15) is 9.59 Å². The second-order valence-electron chi connectivity index (χ2n) is 11.0. The Balaban J connectivity index is 0.00000116. The SMILES string of the molecule is CCC.CCCN(Cc1ncc(-c2csc3c(-c4ccc(-c5cnc(C6CCCN6)[nH]5)cc4)csc23)[nH]1)C(=O)CNC(=O)OC.Cl. The van der Waals surface area contributed by atoms with Crippen LogP contribution in [0.15, 0.2) is 47.4 Å². The van der Waals surface area contributed by atoms with Crippen molar-refractivity contribution in [2.24, 2.45) is 0 Å². The molecule has 1 atom stereocenters. The number of nitrogens with one attached hydrogen (secondary N) is 4. The molecule has 0 radical (unpaired) electrons. The fourth-order valence-electron chi connectivity index (χ4n) is 5.27. The maximum atomic E-state index is 12.7. The van der Waals surface area contributed by atoms with Crippen LogP contribution in [0.4, 0.5) is 4.79 Å². The van der Waals surface area contributed by atoms with Crippen LogP contribution in [-0.4, -0.2) is 63.6 Å². The molecule has 1 saturated heterocycles. The van der Waals surface area contributed by atoms with Crippen LogP contribution >= 0.6 is 35.1 Å². The lowest BCUT2D eigenvalue weighted by molar-refractivity contribution is -0.130. The molecule has 1 aliphatic rings. The molecular formula is C33H42ClN7O3S2. The molecule has 0 bridgehead atoms. The first-order chi connectivity index (χ1) is 21.9. The van der Waals surface area contributed by atoms with Crippen molar-refractivity contribution in [1.82, 2.24) is 35.5 Å². The number of nitrogens with zero attached hydrogens (tertiary/aromatic N) is 3. The summed E-state index contributed by atoms with van der Waals surface area (Å²) in [5, 5.41) is 10.3. The Morgan fingerprint density at radius 2 is 1.65 bits per heavy atom. The number of amides is 2. The predicted molar refractivity (Wildman–Crippen MR) is 190 cm³/mol. The van der Waals surface area contributed by atoms with Crippen molar-refractivity contribution in [1.29, 1.82) is 0 Å². The average molecular weight is 684 g/mol. The van der Waals surface area contributed by atoms with E-state index in [4.69, 9.17) is 0 Å². The van der Waals surface area contributed by atoms with Gasteiger partial charge in [0.25, 0.3) is 0 Å². The molecule has 1 aliphatic heterocycles. The van der Waals surface area contributed by atoms with Gasteiger partial charge in [-0.15, -0.1) is 35.1 Å². The quantitative estimate of drug-likeness (QED) is 0.119. The second kappa shape index (κ2) is 16.7. The maximum absolute atomic E-state index is 12.7. The first-order valence-electron chi connectivity index (χ1n) is 15.5. The highest BCUT2D eigenvalue weighted by Crippen LogP contribution is 2.43. The van der Waals surface area contributed by atoms with Gasteiger partial charge in [0, 0.05) is 28.4 Å². The van der Waals surface area contributed by atoms with Gasteiger partial charge in [0.1, 0.15) is 18.2 Å². The van der Waals surface area contributed by atoms with Gasteiger partial charge in [0.2, 0.25) is 5.91 Å². The molecule has 5 aromatic rings. The van der Waals surface area contributed by atoms with Gasteiger partial charge in [-0.2, -0.15) is 0 Å². The summed E-state index contributed by atoms with van der Waals surface area (Å²) in [5.41, 5.74) is 6.57. The van der Waals surface area contributed by atoms with Crippen LogP contribution in [-0.2, 0) is 16.1 Å². The Bertz CT molecular complexity index is 1700. The Morgan fingerprint density at radius 1 is 0.978 bits per heavy atom. The third kappa shape index (κ3) is 8.16. The number of carbonyl (C=O) groups is 2. The van der Waals surface area contributed by atoms with Crippen LogP contribution in [0.2, 0.25) is 0 Å². The van der Waals surface area contributed by atoms with Crippen molar-refractivity contribution in [3.05, 3.63) is 59.1 Å². The van der Waals surface area contributed by atoms with E-state index < -0.39 is 6.09 Å². The Kier molecular flexibility index (Phi) is 12.8.